The molecule has 0 radical (unpaired) electrons. The monoisotopic (exact) mass is 451 g/mol. The largest absolute Gasteiger partial charge is 0.457 e. The fraction of sp³-hybridized carbons (Fsp3) is 0.158. The van der Waals surface area contributed by atoms with E-state index in [9.17, 15) is 14.0 Å². The number of nitrogens with zero attached hydrogens (tertiary/aromatic N) is 1. The maximum atomic E-state index is 14.5. The highest BCUT2D eigenvalue weighted by Gasteiger charge is 2.16. The van der Waals surface area contributed by atoms with Crippen LogP contribution in [0.4, 0.5) is 4.39 Å². The van der Waals surface area contributed by atoms with Crippen LogP contribution in [-0.2, 0) is 11.3 Å². The van der Waals surface area contributed by atoms with E-state index in [2.05, 4.69) is 22.6 Å². The molecule has 4 nitrogen and oxygen atoms in total. The number of carbonyl (C=O) groups is 1. The standard InChI is InChI=1S/C19H15FINO3/c1-12(21)22-8-7-14-9-15(10-16(20)17(14)18(22)23)19(24)25-11-13-5-3-2-4-6-13/h2-10,12H,11H2,1H3/t12-/m0/s1. The average molecular weight is 451 g/mol. The Kier molecular flexibility index (Phi) is 5.17. The second-order valence-corrected chi connectivity index (χ2v) is 7.39. The molecular formula is C19H15FINO3. The smallest absolute Gasteiger partial charge is 0.338 e. The Hall–Kier alpha value is -2.22. The SMILES string of the molecule is C[C@@H](I)n1ccc2cc(C(=O)OCc3ccccc3)cc(F)c2c1=O. The molecule has 3 rings (SSSR count). The number of aromatic nitrogens is 1. The molecule has 0 aliphatic heterocycles. The predicted octanol–water partition coefficient (Wildman–Crippen LogP) is 4.45. The van der Waals surface area contributed by atoms with Crippen molar-refractivity contribution < 1.29 is 13.9 Å². The van der Waals surface area contributed by atoms with E-state index in [4.69, 9.17) is 4.74 Å². The topological polar surface area (TPSA) is 48.3 Å². The third-order valence-corrected chi connectivity index (χ3v) is 4.42. The molecule has 1 atom stereocenters. The van der Waals surface area contributed by atoms with Gasteiger partial charge in [-0.25, -0.2) is 9.18 Å². The predicted molar refractivity (Wildman–Crippen MR) is 102 cm³/mol. The van der Waals surface area contributed by atoms with Crippen molar-refractivity contribution in [2.45, 2.75) is 17.6 Å². The Morgan fingerprint density at radius 1 is 1.24 bits per heavy atom. The van der Waals surface area contributed by atoms with Crippen LogP contribution >= 0.6 is 22.6 Å². The summed E-state index contributed by atoms with van der Waals surface area (Å²) in [6.07, 6.45) is 1.60. The molecule has 3 aromatic rings. The minimum absolute atomic E-state index is 0.0226. The van der Waals surface area contributed by atoms with E-state index in [1.807, 2.05) is 37.3 Å². The van der Waals surface area contributed by atoms with E-state index < -0.39 is 17.3 Å². The van der Waals surface area contributed by atoms with Crippen LogP contribution in [0.25, 0.3) is 10.8 Å². The lowest BCUT2D eigenvalue weighted by molar-refractivity contribution is 0.0472. The van der Waals surface area contributed by atoms with Crippen LogP contribution < -0.4 is 5.56 Å². The Labute approximate surface area is 157 Å². The number of hydrogen-bond donors (Lipinski definition) is 0. The van der Waals surface area contributed by atoms with Gasteiger partial charge in [0.1, 0.15) is 12.4 Å². The lowest BCUT2D eigenvalue weighted by Gasteiger charge is -2.11. The van der Waals surface area contributed by atoms with Gasteiger partial charge in [-0.2, -0.15) is 0 Å². The summed E-state index contributed by atoms with van der Waals surface area (Å²) in [6, 6.07) is 13.4. The Balaban J connectivity index is 1.91. The molecule has 6 heteroatoms. The highest BCUT2D eigenvalue weighted by molar-refractivity contribution is 14.1. The van der Waals surface area contributed by atoms with Gasteiger partial charge in [-0.3, -0.25) is 4.79 Å². The molecule has 0 bridgehead atoms. The van der Waals surface area contributed by atoms with Crippen molar-refractivity contribution in [2.75, 3.05) is 0 Å². The number of hydrogen-bond acceptors (Lipinski definition) is 3. The number of rotatable bonds is 4. The minimum Gasteiger partial charge on any atom is -0.457 e. The van der Waals surface area contributed by atoms with Crippen LogP contribution in [-0.4, -0.2) is 10.5 Å². The molecular weight excluding hydrogens is 436 g/mol. The molecule has 0 aliphatic carbocycles. The summed E-state index contributed by atoms with van der Waals surface area (Å²) in [5, 5.41) is 0.357. The summed E-state index contributed by atoms with van der Waals surface area (Å²) in [4.78, 5) is 24.6. The first-order chi connectivity index (χ1) is 12.0. The molecule has 128 valence electrons. The van der Waals surface area contributed by atoms with Gasteiger partial charge in [0.25, 0.3) is 5.56 Å². The Morgan fingerprint density at radius 2 is 1.96 bits per heavy atom. The fourth-order valence-electron chi connectivity index (χ4n) is 2.55. The molecule has 0 amide bonds. The number of pyridine rings is 1. The number of carbonyl (C=O) groups excluding carboxylic acids is 1. The molecule has 1 heterocycles. The van der Waals surface area contributed by atoms with Gasteiger partial charge in [-0.15, -0.1) is 0 Å². The highest BCUT2D eigenvalue weighted by atomic mass is 127. The Bertz CT molecular complexity index is 983. The van der Waals surface area contributed by atoms with Gasteiger partial charge in [-0.1, -0.05) is 52.9 Å². The first-order valence-electron chi connectivity index (χ1n) is 7.67. The maximum absolute atomic E-state index is 14.5. The van der Waals surface area contributed by atoms with Gasteiger partial charge in [0.05, 0.1) is 15.0 Å². The molecule has 0 saturated carbocycles. The van der Waals surface area contributed by atoms with Crippen molar-refractivity contribution in [1.82, 2.24) is 4.57 Å². The molecule has 0 aliphatic rings. The third kappa shape index (κ3) is 3.73. The molecule has 0 unspecified atom stereocenters. The number of halogens is 2. The summed E-state index contributed by atoms with van der Waals surface area (Å²) < 4.78 is 21.0. The van der Waals surface area contributed by atoms with Crippen LogP contribution in [0, 0.1) is 5.82 Å². The van der Waals surface area contributed by atoms with E-state index in [1.165, 1.54) is 10.6 Å². The van der Waals surface area contributed by atoms with E-state index in [0.717, 1.165) is 11.6 Å². The van der Waals surface area contributed by atoms with Gasteiger partial charge in [0.15, 0.2) is 0 Å². The summed E-state index contributed by atoms with van der Waals surface area (Å²) in [5.41, 5.74) is 0.512. The highest BCUT2D eigenvalue weighted by Crippen LogP contribution is 2.20. The maximum Gasteiger partial charge on any atom is 0.338 e. The molecule has 25 heavy (non-hydrogen) atoms. The first kappa shape index (κ1) is 17.6. The zero-order valence-electron chi connectivity index (χ0n) is 13.4. The molecule has 0 fully saturated rings. The number of benzene rings is 2. The molecule has 0 saturated heterocycles. The van der Waals surface area contributed by atoms with Crippen LogP contribution in [0.2, 0.25) is 0 Å². The van der Waals surface area contributed by atoms with Crippen molar-refractivity contribution >= 4 is 39.3 Å². The van der Waals surface area contributed by atoms with Gasteiger partial charge >= 0.3 is 5.97 Å². The molecule has 0 N–H and O–H groups in total. The minimum atomic E-state index is -0.722. The first-order valence-corrected chi connectivity index (χ1v) is 8.91. The van der Waals surface area contributed by atoms with E-state index in [0.29, 0.717) is 5.39 Å². The van der Waals surface area contributed by atoms with Crippen LogP contribution in [0.1, 0.15) is 26.9 Å². The third-order valence-electron chi connectivity index (χ3n) is 3.82. The second kappa shape index (κ2) is 7.35. The molecule has 0 spiro atoms. The van der Waals surface area contributed by atoms with Gasteiger partial charge in [0, 0.05) is 6.20 Å². The average Bonchev–Trinajstić information content (AvgIpc) is 2.60. The Morgan fingerprint density at radius 3 is 2.64 bits per heavy atom. The number of esters is 1. The van der Waals surface area contributed by atoms with Crippen LogP contribution in [0.15, 0.2) is 59.5 Å². The summed E-state index contributed by atoms with van der Waals surface area (Å²) in [7, 11) is 0. The van der Waals surface area contributed by atoms with Crippen molar-refractivity contribution in [2.24, 2.45) is 0 Å². The van der Waals surface area contributed by atoms with Crippen molar-refractivity contribution in [3.8, 4) is 0 Å². The second-order valence-electron chi connectivity index (χ2n) is 5.59. The van der Waals surface area contributed by atoms with Gasteiger partial charge < -0.3 is 9.30 Å². The van der Waals surface area contributed by atoms with E-state index in [1.54, 1.807) is 12.3 Å². The zero-order valence-corrected chi connectivity index (χ0v) is 15.6. The van der Waals surface area contributed by atoms with E-state index in [-0.39, 0.29) is 21.6 Å². The number of alkyl halides is 1. The molecule has 2 aromatic carbocycles. The van der Waals surface area contributed by atoms with Crippen molar-refractivity contribution in [3.63, 3.8) is 0 Å². The lowest BCUT2D eigenvalue weighted by Crippen LogP contribution is -2.21. The van der Waals surface area contributed by atoms with Crippen molar-refractivity contribution in [1.29, 1.82) is 0 Å². The summed E-state index contributed by atoms with van der Waals surface area (Å²) in [5.74, 6) is -1.35. The zero-order chi connectivity index (χ0) is 18.0. The number of fused-ring (bicyclic) bond motifs is 1. The van der Waals surface area contributed by atoms with E-state index >= 15 is 0 Å². The van der Waals surface area contributed by atoms with Gasteiger partial charge in [0.2, 0.25) is 0 Å². The summed E-state index contributed by atoms with van der Waals surface area (Å²) in [6.45, 7) is 1.94. The summed E-state index contributed by atoms with van der Waals surface area (Å²) >= 11 is 2.08. The van der Waals surface area contributed by atoms with Gasteiger partial charge in [-0.05, 0) is 36.1 Å². The van der Waals surface area contributed by atoms with Crippen LogP contribution in [0.3, 0.4) is 0 Å². The molecule has 1 aromatic heterocycles. The van der Waals surface area contributed by atoms with Crippen molar-refractivity contribution in [3.05, 3.63) is 82.0 Å². The lowest BCUT2D eigenvalue weighted by atomic mass is 10.1. The number of ether oxygens (including phenoxy) is 1. The van der Waals surface area contributed by atoms with Crippen LogP contribution in [0.5, 0.6) is 0 Å². The fourth-order valence-corrected chi connectivity index (χ4v) is 2.99. The quantitative estimate of drug-likeness (QED) is 0.335. The normalized spacial score (nSPS) is 12.1.